The van der Waals surface area contributed by atoms with Gasteiger partial charge in [-0.1, -0.05) is 37.3 Å². The van der Waals surface area contributed by atoms with E-state index in [9.17, 15) is 4.79 Å². The summed E-state index contributed by atoms with van der Waals surface area (Å²) >= 11 is 0. The monoisotopic (exact) mass is 366 g/mol. The van der Waals surface area contributed by atoms with E-state index in [4.69, 9.17) is 0 Å². The van der Waals surface area contributed by atoms with Gasteiger partial charge in [-0.2, -0.15) is 0 Å². The predicted octanol–water partition coefficient (Wildman–Crippen LogP) is 4.03. The molecular weight excluding hydrogens is 332 g/mol. The van der Waals surface area contributed by atoms with Crippen LogP contribution in [0.15, 0.2) is 30.3 Å². The van der Waals surface area contributed by atoms with Gasteiger partial charge in [-0.15, -0.1) is 0 Å². The molecule has 2 N–H and O–H groups in total. The van der Waals surface area contributed by atoms with Crippen molar-refractivity contribution >= 4 is 5.91 Å². The van der Waals surface area contributed by atoms with E-state index < -0.39 is 0 Å². The molecule has 0 radical (unpaired) electrons. The van der Waals surface area contributed by atoms with Crippen molar-refractivity contribution in [1.82, 2.24) is 10.6 Å². The average molecular weight is 367 g/mol. The Bertz CT molecular complexity index is 712. The van der Waals surface area contributed by atoms with Crippen LogP contribution < -0.4 is 10.6 Å². The Morgan fingerprint density at radius 3 is 2.59 bits per heavy atom. The number of carbonyl (C=O) groups is 1. The van der Waals surface area contributed by atoms with Crippen LogP contribution in [0.2, 0.25) is 0 Å². The summed E-state index contributed by atoms with van der Waals surface area (Å²) in [4.78, 5) is 13.5. The van der Waals surface area contributed by atoms with Crippen LogP contribution >= 0.6 is 0 Å². The minimum absolute atomic E-state index is 0.128. The van der Waals surface area contributed by atoms with Gasteiger partial charge in [0.15, 0.2) is 0 Å². The van der Waals surface area contributed by atoms with Gasteiger partial charge in [0, 0.05) is 6.54 Å². The van der Waals surface area contributed by atoms with E-state index in [0.717, 1.165) is 44.8 Å². The first-order valence-electron chi connectivity index (χ1n) is 11.1. The van der Waals surface area contributed by atoms with Crippen LogP contribution in [0, 0.1) is 22.7 Å². The molecule has 1 aromatic carbocycles. The first-order chi connectivity index (χ1) is 13.0. The summed E-state index contributed by atoms with van der Waals surface area (Å²) in [5.41, 5.74) is 1.91. The maximum absolute atomic E-state index is 13.5. The lowest BCUT2D eigenvalue weighted by atomic mass is 9.38. The van der Waals surface area contributed by atoms with Gasteiger partial charge in [-0.3, -0.25) is 4.79 Å². The van der Waals surface area contributed by atoms with E-state index >= 15 is 0 Å². The van der Waals surface area contributed by atoms with Gasteiger partial charge in [0.2, 0.25) is 5.91 Å². The summed E-state index contributed by atoms with van der Waals surface area (Å²) in [6.45, 7) is 5.54. The molecule has 146 valence electrons. The van der Waals surface area contributed by atoms with Crippen LogP contribution in [0.3, 0.4) is 0 Å². The van der Waals surface area contributed by atoms with Crippen LogP contribution in [0.4, 0.5) is 0 Å². The second-order valence-electron chi connectivity index (χ2n) is 10.6. The zero-order valence-corrected chi connectivity index (χ0v) is 16.7. The lowest BCUT2D eigenvalue weighted by molar-refractivity contribution is -0.160. The van der Waals surface area contributed by atoms with E-state index in [-0.39, 0.29) is 10.8 Å². The second-order valence-corrected chi connectivity index (χ2v) is 10.6. The summed E-state index contributed by atoms with van der Waals surface area (Å²) < 4.78 is 0. The van der Waals surface area contributed by atoms with Gasteiger partial charge >= 0.3 is 0 Å². The van der Waals surface area contributed by atoms with Crippen molar-refractivity contribution in [3.63, 3.8) is 0 Å². The third-order valence-electron chi connectivity index (χ3n) is 8.23. The summed E-state index contributed by atoms with van der Waals surface area (Å²) in [6.07, 6.45) is 9.56. The number of carbonyl (C=O) groups excluding carboxylic acids is 1. The summed E-state index contributed by atoms with van der Waals surface area (Å²) in [7, 11) is 0. The van der Waals surface area contributed by atoms with E-state index in [0.29, 0.717) is 17.2 Å². The number of piperidine rings is 1. The molecule has 4 atom stereocenters. The number of amides is 1. The van der Waals surface area contributed by atoms with Crippen LogP contribution in [0.5, 0.6) is 0 Å². The Morgan fingerprint density at radius 1 is 1.07 bits per heavy atom. The van der Waals surface area contributed by atoms with Gasteiger partial charge < -0.3 is 10.6 Å². The Balaban J connectivity index is 1.39. The second kappa shape index (κ2) is 6.34. The van der Waals surface area contributed by atoms with Crippen LogP contribution in [-0.2, 0) is 10.2 Å². The lowest BCUT2D eigenvalue weighted by Gasteiger charge is -2.65. The summed E-state index contributed by atoms with van der Waals surface area (Å²) in [6, 6.07) is 11.1. The molecule has 4 unspecified atom stereocenters. The Hall–Kier alpha value is -1.35. The molecule has 5 aliphatic rings. The molecule has 3 heteroatoms. The quantitative estimate of drug-likeness (QED) is 0.845. The van der Waals surface area contributed by atoms with Crippen molar-refractivity contribution in [2.45, 2.75) is 63.7 Å². The minimum Gasteiger partial charge on any atom is -0.355 e. The van der Waals surface area contributed by atoms with Crippen LogP contribution in [0.1, 0.15) is 63.9 Å². The smallest absolute Gasteiger partial charge is 0.226 e. The van der Waals surface area contributed by atoms with E-state index in [1.165, 1.54) is 37.7 Å². The van der Waals surface area contributed by atoms with E-state index in [2.05, 4.69) is 47.9 Å². The van der Waals surface area contributed by atoms with E-state index in [1.807, 2.05) is 0 Å². The number of nitrogens with one attached hydrogen (secondary N) is 2. The molecular formula is C24H34N2O. The normalized spacial score (nSPS) is 40.9. The minimum atomic E-state index is -0.128. The molecule has 27 heavy (non-hydrogen) atoms. The standard InChI is InChI=1S/C24H34N2O/c1-22-11-19-12-23(15-22,20-5-3-2-4-6-20)17-24(13-19,16-22)21(27)26-14-18-7-9-25-10-8-18/h2-6,18-19,25H,7-17H2,1H3,(H,26,27). The van der Waals surface area contributed by atoms with Gasteiger partial charge in [-0.05, 0) is 92.7 Å². The highest BCUT2D eigenvalue weighted by molar-refractivity contribution is 5.83. The molecule has 0 aromatic heterocycles. The van der Waals surface area contributed by atoms with Crippen LogP contribution in [-0.4, -0.2) is 25.5 Å². The summed E-state index contributed by atoms with van der Waals surface area (Å²) in [5.74, 6) is 1.75. The SMILES string of the molecule is CC12CC3CC(C(=O)NCC4CCNCC4)(C1)CC(c1ccccc1)(C3)C2. The van der Waals surface area contributed by atoms with Gasteiger partial charge in [0.05, 0.1) is 5.41 Å². The van der Waals surface area contributed by atoms with Crippen molar-refractivity contribution in [1.29, 1.82) is 0 Å². The third-order valence-corrected chi connectivity index (χ3v) is 8.23. The first-order valence-corrected chi connectivity index (χ1v) is 11.1. The molecule has 1 aliphatic heterocycles. The number of hydrogen-bond acceptors (Lipinski definition) is 2. The molecule has 4 bridgehead atoms. The van der Waals surface area contributed by atoms with Crippen molar-refractivity contribution in [3.8, 4) is 0 Å². The van der Waals surface area contributed by atoms with Gasteiger partial charge in [-0.25, -0.2) is 0 Å². The maximum atomic E-state index is 13.5. The predicted molar refractivity (Wildman–Crippen MR) is 108 cm³/mol. The Labute approximate surface area is 163 Å². The maximum Gasteiger partial charge on any atom is 0.226 e. The number of rotatable bonds is 4. The van der Waals surface area contributed by atoms with E-state index in [1.54, 1.807) is 0 Å². The highest BCUT2D eigenvalue weighted by atomic mass is 16.2. The molecule has 0 spiro atoms. The molecule has 1 aromatic rings. The topological polar surface area (TPSA) is 41.1 Å². The molecule has 4 aliphatic carbocycles. The fraction of sp³-hybridized carbons (Fsp3) is 0.708. The van der Waals surface area contributed by atoms with Gasteiger partial charge in [0.25, 0.3) is 0 Å². The molecule has 4 saturated carbocycles. The van der Waals surface area contributed by atoms with Gasteiger partial charge in [0.1, 0.15) is 0 Å². The molecule has 1 amide bonds. The molecule has 3 nitrogen and oxygen atoms in total. The summed E-state index contributed by atoms with van der Waals surface area (Å²) in [5, 5.41) is 6.85. The molecule has 1 heterocycles. The van der Waals surface area contributed by atoms with Crippen molar-refractivity contribution in [2.75, 3.05) is 19.6 Å². The number of hydrogen-bond donors (Lipinski definition) is 2. The van der Waals surface area contributed by atoms with Crippen molar-refractivity contribution < 1.29 is 4.79 Å². The Morgan fingerprint density at radius 2 is 1.85 bits per heavy atom. The van der Waals surface area contributed by atoms with Crippen LogP contribution in [0.25, 0.3) is 0 Å². The van der Waals surface area contributed by atoms with Crippen molar-refractivity contribution in [2.24, 2.45) is 22.7 Å². The molecule has 1 saturated heterocycles. The fourth-order valence-corrected chi connectivity index (χ4v) is 7.80. The highest BCUT2D eigenvalue weighted by Crippen LogP contribution is 2.70. The van der Waals surface area contributed by atoms with Crippen molar-refractivity contribution in [3.05, 3.63) is 35.9 Å². The molecule has 5 fully saturated rings. The number of benzene rings is 1. The first kappa shape index (κ1) is 17.7. The Kier molecular flexibility index (Phi) is 4.16. The third kappa shape index (κ3) is 3.03. The zero-order valence-electron chi connectivity index (χ0n) is 16.7. The lowest BCUT2D eigenvalue weighted by Crippen LogP contribution is -2.62. The molecule has 6 rings (SSSR count). The highest BCUT2D eigenvalue weighted by Gasteiger charge is 2.64. The largest absolute Gasteiger partial charge is 0.355 e. The fourth-order valence-electron chi connectivity index (χ4n) is 7.80. The average Bonchev–Trinajstić information content (AvgIpc) is 2.66. The zero-order chi connectivity index (χ0) is 18.5.